The number of nitrogen functional groups attached to an aromatic ring is 1. The van der Waals surface area contributed by atoms with Crippen LogP contribution in [0.2, 0.25) is 0 Å². The summed E-state index contributed by atoms with van der Waals surface area (Å²) in [5.41, 5.74) is 8.66. The second-order valence-corrected chi connectivity index (χ2v) is 16.6. The number of aromatic hydroxyl groups is 1. The van der Waals surface area contributed by atoms with E-state index in [2.05, 4.69) is 26.6 Å². The molecular formula is C47H62N6O8. The molecule has 5 atom stereocenters. The van der Waals surface area contributed by atoms with Gasteiger partial charge in [-0.3, -0.25) is 24.5 Å². The number of ether oxygens (including phenoxy) is 2. The molecule has 4 rings (SSSR count). The summed E-state index contributed by atoms with van der Waals surface area (Å²) in [6.45, 7) is 9.16. The number of rotatable bonds is 21. The van der Waals surface area contributed by atoms with Crippen LogP contribution >= 0.6 is 0 Å². The SMILES string of the molecule is COc1ccc(CNC(C(=O)NC(C(=O)NCc2ccc(OC)cc2O)C(C)C)C(O)C(Cc2ccccc2)NC(=O)C(NC(=O)CCc2cccc(N)c2)C(C)(C)C)cc1. The van der Waals surface area contributed by atoms with E-state index in [1.165, 1.54) is 13.2 Å². The minimum absolute atomic E-state index is 0.0208. The van der Waals surface area contributed by atoms with Crippen molar-refractivity contribution in [2.24, 2.45) is 11.3 Å². The summed E-state index contributed by atoms with van der Waals surface area (Å²) in [4.78, 5) is 55.8. The van der Waals surface area contributed by atoms with Gasteiger partial charge in [0, 0.05) is 36.8 Å². The summed E-state index contributed by atoms with van der Waals surface area (Å²) in [6.07, 6.45) is -0.889. The first kappa shape index (κ1) is 47.6. The van der Waals surface area contributed by atoms with Gasteiger partial charge in [-0.15, -0.1) is 0 Å². The van der Waals surface area contributed by atoms with Crippen LogP contribution in [0.25, 0.3) is 0 Å². The van der Waals surface area contributed by atoms with Gasteiger partial charge in [0.25, 0.3) is 0 Å². The number of carbonyl (C=O) groups excluding carboxylic acids is 4. The average Bonchev–Trinajstić information content (AvgIpc) is 3.23. The molecule has 4 aromatic rings. The lowest BCUT2D eigenvalue weighted by molar-refractivity contribution is -0.135. The molecule has 0 radical (unpaired) electrons. The summed E-state index contributed by atoms with van der Waals surface area (Å²) in [7, 11) is 3.04. The zero-order valence-corrected chi connectivity index (χ0v) is 36.2. The third kappa shape index (κ3) is 14.5. The Hall–Kier alpha value is -6.12. The van der Waals surface area contributed by atoms with Crippen LogP contribution in [0.15, 0.2) is 97.1 Å². The number of amides is 4. The predicted molar refractivity (Wildman–Crippen MR) is 236 cm³/mol. The third-order valence-electron chi connectivity index (χ3n) is 10.4. The van der Waals surface area contributed by atoms with Gasteiger partial charge in [-0.1, -0.05) is 89.2 Å². The standard InChI is InChI=1S/C47H62N6O8/c1-29(2)40(44(57)50-28-33-19-22-36(61-7)26-38(33)54)53-45(58)41(49-27-32-16-20-35(60-6)21-17-32)42(56)37(25-30-12-9-8-10-13-30)51-46(59)43(47(3,4)5)52-39(55)23-18-31-14-11-15-34(48)24-31/h8-17,19-22,24,26,29,37,40-43,49,54,56H,18,23,25,27-28,48H2,1-7H3,(H,50,57)(H,51,59)(H,52,55)(H,53,58). The summed E-state index contributed by atoms with van der Waals surface area (Å²) in [5.74, 6) is -1.42. The highest BCUT2D eigenvalue weighted by Crippen LogP contribution is 2.24. The lowest BCUT2D eigenvalue weighted by Gasteiger charge is -2.35. The van der Waals surface area contributed by atoms with E-state index >= 15 is 0 Å². The largest absolute Gasteiger partial charge is 0.507 e. The number of aryl methyl sites for hydroxylation is 1. The fourth-order valence-electron chi connectivity index (χ4n) is 6.77. The number of anilines is 1. The van der Waals surface area contributed by atoms with Crippen molar-refractivity contribution in [1.82, 2.24) is 26.6 Å². The maximum absolute atomic E-state index is 14.5. The van der Waals surface area contributed by atoms with E-state index in [-0.39, 0.29) is 43.5 Å². The van der Waals surface area contributed by atoms with E-state index in [1.54, 1.807) is 57.4 Å². The molecule has 9 N–H and O–H groups in total. The Bertz CT molecular complexity index is 2050. The van der Waals surface area contributed by atoms with Gasteiger partial charge >= 0.3 is 0 Å². The van der Waals surface area contributed by atoms with Crippen LogP contribution in [0.4, 0.5) is 5.69 Å². The molecule has 0 aliphatic rings. The van der Waals surface area contributed by atoms with Gasteiger partial charge in [-0.2, -0.15) is 0 Å². The van der Waals surface area contributed by atoms with Crippen molar-refractivity contribution in [1.29, 1.82) is 0 Å². The lowest BCUT2D eigenvalue weighted by atomic mass is 9.85. The Morgan fingerprint density at radius 3 is 1.97 bits per heavy atom. The Morgan fingerprint density at radius 1 is 0.705 bits per heavy atom. The molecule has 4 aromatic carbocycles. The highest BCUT2D eigenvalue weighted by atomic mass is 16.5. The molecule has 0 spiro atoms. The number of hydrogen-bond acceptors (Lipinski definition) is 10. The minimum atomic E-state index is -1.55. The Labute approximate surface area is 359 Å². The van der Waals surface area contributed by atoms with Crippen molar-refractivity contribution >= 4 is 29.3 Å². The van der Waals surface area contributed by atoms with E-state index in [4.69, 9.17) is 15.2 Å². The number of nitrogens with two attached hydrogens (primary N) is 1. The zero-order chi connectivity index (χ0) is 44.7. The van der Waals surface area contributed by atoms with E-state index in [1.807, 2.05) is 75.4 Å². The molecular weight excluding hydrogens is 777 g/mol. The topological polar surface area (TPSA) is 213 Å². The molecule has 0 bridgehead atoms. The fraction of sp³-hybridized carbons (Fsp3) is 0.404. The molecule has 0 aliphatic carbocycles. The van der Waals surface area contributed by atoms with Crippen LogP contribution in [0.3, 0.4) is 0 Å². The van der Waals surface area contributed by atoms with Gasteiger partial charge in [-0.25, -0.2) is 0 Å². The fourth-order valence-corrected chi connectivity index (χ4v) is 6.77. The molecule has 0 fully saturated rings. The number of phenolic OH excluding ortho intramolecular Hbond substituents is 1. The highest BCUT2D eigenvalue weighted by Gasteiger charge is 2.39. The van der Waals surface area contributed by atoms with E-state index < -0.39 is 53.4 Å². The van der Waals surface area contributed by atoms with Gasteiger partial charge in [0.05, 0.1) is 26.4 Å². The molecule has 0 aliphatic heterocycles. The van der Waals surface area contributed by atoms with Crippen LogP contribution in [-0.2, 0) is 45.1 Å². The van der Waals surface area contributed by atoms with Crippen LogP contribution in [0.1, 0.15) is 63.3 Å². The molecule has 4 amide bonds. The molecule has 328 valence electrons. The maximum atomic E-state index is 14.5. The van der Waals surface area contributed by atoms with E-state index in [0.717, 1.165) is 16.7 Å². The first-order valence-corrected chi connectivity index (χ1v) is 20.5. The van der Waals surface area contributed by atoms with E-state index in [9.17, 15) is 29.4 Å². The number of nitrogens with one attached hydrogen (secondary N) is 5. The van der Waals surface area contributed by atoms with Crippen LogP contribution in [-0.4, -0.2) is 78.3 Å². The number of aliphatic hydroxyl groups is 1. The Kier molecular flexibility index (Phi) is 17.5. The van der Waals surface area contributed by atoms with E-state index in [0.29, 0.717) is 29.2 Å². The van der Waals surface area contributed by atoms with Crippen molar-refractivity contribution in [3.8, 4) is 17.2 Å². The first-order valence-electron chi connectivity index (χ1n) is 20.5. The van der Waals surface area contributed by atoms with Crippen molar-refractivity contribution in [3.05, 3.63) is 119 Å². The van der Waals surface area contributed by atoms with Crippen molar-refractivity contribution in [2.45, 2.75) is 97.2 Å². The van der Waals surface area contributed by atoms with Crippen LogP contribution < -0.4 is 41.8 Å². The van der Waals surface area contributed by atoms with Crippen LogP contribution in [0.5, 0.6) is 17.2 Å². The monoisotopic (exact) mass is 838 g/mol. The third-order valence-corrected chi connectivity index (χ3v) is 10.4. The molecule has 0 heterocycles. The molecule has 5 unspecified atom stereocenters. The summed E-state index contributed by atoms with van der Waals surface area (Å²) >= 11 is 0. The quantitative estimate of drug-likeness (QED) is 0.0562. The Morgan fingerprint density at radius 2 is 1.36 bits per heavy atom. The highest BCUT2D eigenvalue weighted by molar-refractivity contribution is 5.91. The second-order valence-electron chi connectivity index (χ2n) is 16.6. The molecule has 0 saturated carbocycles. The molecule has 0 saturated heterocycles. The number of methoxy groups -OCH3 is 2. The van der Waals surface area contributed by atoms with Gasteiger partial charge in [0.1, 0.15) is 35.4 Å². The van der Waals surface area contributed by atoms with Gasteiger partial charge in [0.2, 0.25) is 23.6 Å². The molecule has 14 nitrogen and oxygen atoms in total. The zero-order valence-electron chi connectivity index (χ0n) is 36.2. The number of benzene rings is 4. The Balaban J connectivity index is 1.61. The van der Waals surface area contributed by atoms with Crippen molar-refractivity contribution in [2.75, 3.05) is 20.0 Å². The number of aliphatic hydroxyl groups excluding tert-OH is 1. The number of hydrogen-bond donors (Lipinski definition) is 8. The van der Waals surface area contributed by atoms with Crippen molar-refractivity contribution in [3.63, 3.8) is 0 Å². The molecule has 61 heavy (non-hydrogen) atoms. The average molecular weight is 839 g/mol. The first-order chi connectivity index (χ1) is 29.0. The predicted octanol–water partition coefficient (Wildman–Crippen LogP) is 4.16. The molecule has 14 heteroatoms. The lowest BCUT2D eigenvalue weighted by Crippen LogP contribution is -2.63. The second kappa shape index (κ2) is 22.5. The number of phenols is 1. The summed E-state index contributed by atoms with van der Waals surface area (Å²) in [6, 6.07) is 24.0. The minimum Gasteiger partial charge on any atom is -0.507 e. The summed E-state index contributed by atoms with van der Waals surface area (Å²) < 4.78 is 10.5. The number of carbonyl (C=O) groups is 4. The smallest absolute Gasteiger partial charge is 0.243 e. The maximum Gasteiger partial charge on any atom is 0.243 e. The van der Waals surface area contributed by atoms with Gasteiger partial charge < -0.3 is 46.7 Å². The van der Waals surface area contributed by atoms with Gasteiger partial charge in [0.15, 0.2) is 0 Å². The van der Waals surface area contributed by atoms with Gasteiger partial charge in [-0.05, 0) is 77.3 Å². The normalized spacial score (nSPS) is 13.9. The van der Waals surface area contributed by atoms with Crippen LogP contribution in [0, 0.1) is 11.3 Å². The summed E-state index contributed by atoms with van der Waals surface area (Å²) in [5, 5.41) is 37.5. The van der Waals surface area contributed by atoms with Crippen molar-refractivity contribution < 1.29 is 38.9 Å². The molecule has 0 aromatic heterocycles.